The van der Waals surface area contributed by atoms with E-state index in [9.17, 15) is 22.0 Å². The number of halogens is 5. The third-order valence-corrected chi connectivity index (χ3v) is 3.15. The number of nitrogens with zero attached hydrogens (tertiary/aromatic N) is 1. The summed E-state index contributed by atoms with van der Waals surface area (Å²) in [7, 11) is 0. The number of benzene rings is 2. The number of hydrogen-bond acceptors (Lipinski definition) is 2. The summed E-state index contributed by atoms with van der Waals surface area (Å²) in [5, 5.41) is -0.0746. The summed E-state index contributed by atoms with van der Waals surface area (Å²) >= 11 is 0. The van der Waals surface area contributed by atoms with E-state index in [-0.39, 0.29) is 22.4 Å². The highest BCUT2D eigenvalue weighted by Crippen LogP contribution is 2.34. The first-order valence-corrected chi connectivity index (χ1v) is 6.44. The second kappa shape index (κ2) is 5.49. The van der Waals surface area contributed by atoms with Crippen molar-refractivity contribution in [2.75, 3.05) is 0 Å². The summed E-state index contributed by atoms with van der Waals surface area (Å²) < 4.78 is 70.2. The minimum absolute atomic E-state index is 0.0518. The average Bonchev–Trinajstić information content (AvgIpc) is 2.52. The van der Waals surface area contributed by atoms with E-state index in [2.05, 4.69) is 4.98 Å². The van der Waals surface area contributed by atoms with Crippen LogP contribution in [0.25, 0.3) is 10.9 Å². The lowest BCUT2D eigenvalue weighted by atomic mass is 10.2. The molecule has 0 saturated carbocycles. The van der Waals surface area contributed by atoms with Crippen molar-refractivity contribution in [2.24, 2.45) is 0 Å². The van der Waals surface area contributed by atoms with Gasteiger partial charge in [-0.1, -0.05) is 0 Å². The molecule has 7 heteroatoms. The average molecular weight is 325 g/mol. The SMILES string of the molecule is Fc1cc(Oc2ccc(C(F)(F)F)cc2)c2ncccc2c1F. The molecule has 118 valence electrons. The van der Waals surface area contributed by atoms with Gasteiger partial charge in [-0.15, -0.1) is 0 Å². The molecule has 23 heavy (non-hydrogen) atoms. The predicted molar refractivity (Wildman–Crippen MR) is 73.2 cm³/mol. The van der Waals surface area contributed by atoms with Gasteiger partial charge in [-0.2, -0.15) is 13.2 Å². The summed E-state index contributed by atoms with van der Waals surface area (Å²) in [5.74, 6) is -2.23. The molecule has 0 aliphatic heterocycles. The van der Waals surface area contributed by atoms with Gasteiger partial charge in [-0.3, -0.25) is 4.98 Å². The largest absolute Gasteiger partial charge is 0.455 e. The molecule has 0 N–H and O–H groups in total. The van der Waals surface area contributed by atoms with Crippen molar-refractivity contribution < 1.29 is 26.7 Å². The second-order valence-corrected chi connectivity index (χ2v) is 4.69. The maximum absolute atomic E-state index is 13.7. The van der Waals surface area contributed by atoms with Gasteiger partial charge >= 0.3 is 6.18 Å². The van der Waals surface area contributed by atoms with Crippen molar-refractivity contribution >= 4 is 10.9 Å². The van der Waals surface area contributed by atoms with E-state index in [0.29, 0.717) is 0 Å². The Balaban J connectivity index is 2.00. The molecule has 3 rings (SSSR count). The number of hydrogen-bond donors (Lipinski definition) is 0. The molecule has 1 aromatic heterocycles. The zero-order valence-electron chi connectivity index (χ0n) is 11.4. The number of alkyl halides is 3. The van der Waals surface area contributed by atoms with Crippen LogP contribution in [0.1, 0.15) is 5.56 Å². The molecule has 0 aliphatic carbocycles. The van der Waals surface area contributed by atoms with E-state index in [1.807, 2.05) is 0 Å². The molecular weight excluding hydrogens is 317 g/mol. The van der Waals surface area contributed by atoms with E-state index in [1.54, 1.807) is 0 Å². The number of fused-ring (bicyclic) bond motifs is 1. The second-order valence-electron chi connectivity index (χ2n) is 4.69. The van der Waals surface area contributed by atoms with Gasteiger partial charge in [0.05, 0.1) is 5.56 Å². The third kappa shape index (κ3) is 2.94. The first-order chi connectivity index (χ1) is 10.9. The Hall–Kier alpha value is -2.70. The molecule has 0 saturated heterocycles. The van der Waals surface area contributed by atoms with E-state index in [1.165, 1.54) is 18.3 Å². The fraction of sp³-hybridized carbons (Fsp3) is 0.0625. The molecule has 2 aromatic carbocycles. The normalized spacial score (nSPS) is 11.7. The molecule has 0 atom stereocenters. The van der Waals surface area contributed by atoms with Crippen molar-refractivity contribution in [1.29, 1.82) is 0 Å². The van der Waals surface area contributed by atoms with Crippen molar-refractivity contribution in [3.63, 3.8) is 0 Å². The summed E-state index contributed by atoms with van der Waals surface area (Å²) in [6, 6.07) is 7.45. The van der Waals surface area contributed by atoms with Crippen LogP contribution in [0.5, 0.6) is 11.5 Å². The Bertz CT molecular complexity index is 859. The number of aromatic nitrogens is 1. The summed E-state index contributed by atoms with van der Waals surface area (Å²) in [6.45, 7) is 0. The van der Waals surface area contributed by atoms with Crippen LogP contribution in [0.3, 0.4) is 0 Å². The monoisotopic (exact) mass is 325 g/mol. The van der Waals surface area contributed by atoms with Crippen molar-refractivity contribution in [2.45, 2.75) is 6.18 Å². The molecule has 2 nitrogen and oxygen atoms in total. The predicted octanol–water partition coefficient (Wildman–Crippen LogP) is 5.32. The van der Waals surface area contributed by atoms with Crippen LogP contribution < -0.4 is 4.74 Å². The standard InChI is InChI=1S/C16H8F5NO/c17-12-8-13(15-11(14(12)18)2-1-7-22-15)23-10-5-3-9(4-6-10)16(19,20)21/h1-8H. The molecule has 0 spiro atoms. The fourth-order valence-electron chi connectivity index (χ4n) is 2.07. The zero-order valence-corrected chi connectivity index (χ0v) is 11.4. The summed E-state index contributed by atoms with van der Waals surface area (Å²) in [6.07, 6.45) is -3.09. The Morgan fingerprint density at radius 1 is 0.957 bits per heavy atom. The molecular formula is C16H8F5NO. The van der Waals surface area contributed by atoms with Crippen LogP contribution in [0, 0.1) is 11.6 Å². The van der Waals surface area contributed by atoms with Gasteiger partial charge in [-0.25, -0.2) is 8.78 Å². The topological polar surface area (TPSA) is 22.1 Å². The minimum Gasteiger partial charge on any atom is -0.455 e. The maximum Gasteiger partial charge on any atom is 0.416 e. The lowest BCUT2D eigenvalue weighted by Gasteiger charge is -2.11. The molecule has 1 heterocycles. The fourth-order valence-corrected chi connectivity index (χ4v) is 2.07. The van der Waals surface area contributed by atoms with Crippen LogP contribution in [0.15, 0.2) is 48.7 Å². The highest BCUT2D eigenvalue weighted by Gasteiger charge is 2.30. The lowest BCUT2D eigenvalue weighted by Crippen LogP contribution is -2.04. The Labute approximate surface area is 127 Å². The molecule has 0 amide bonds. The molecule has 0 bridgehead atoms. The van der Waals surface area contributed by atoms with Crippen molar-refractivity contribution in [3.8, 4) is 11.5 Å². The van der Waals surface area contributed by atoms with E-state index >= 15 is 0 Å². The van der Waals surface area contributed by atoms with Gasteiger partial charge in [0.25, 0.3) is 0 Å². The minimum atomic E-state index is -4.46. The molecule has 0 aliphatic rings. The van der Waals surface area contributed by atoms with E-state index < -0.39 is 23.4 Å². The van der Waals surface area contributed by atoms with Crippen LogP contribution in [0.2, 0.25) is 0 Å². The van der Waals surface area contributed by atoms with E-state index in [0.717, 1.165) is 30.3 Å². The molecule has 0 radical (unpaired) electrons. The Morgan fingerprint density at radius 2 is 1.65 bits per heavy atom. The van der Waals surface area contributed by atoms with Crippen molar-refractivity contribution in [3.05, 3.63) is 65.9 Å². The molecule has 0 fully saturated rings. The highest BCUT2D eigenvalue weighted by atomic mass is 19.4. The Morgan fingerprint density at radius 3 is 2.30 bits per heavy atom. The highest BCUT2D eigenvalue weighted by molar-refractivity contribution is 5.85. The lowest BCUT2D eigenvalue weighted by molar-refractivity contribution is -0.137. The van der Waals surface area contributed by atoms with Crippen LogP contribution in [0.4, 0.5) is 22.0 Å². The number of ether oxygens (including phenoxy) is 1. The van der Waals surface area contributed by atoms with Crippen LogP contribution in [-0.2, 0) is 6.18 Å². The Kier molecular flexibility index (Phi) is 3.63. The first-order valence-electron chi connectivity index (χ1n) is 6.44. The molecule has 0 unspecified atom stereocenters. The number of pyridine rings is 1. The van der Waals surface area contributed by atoms with Gasteiger partial charge in [0.15, 0.2) is 17.4 Å². The molecule has 3 aromatic rings. The van der Waals surface area contributed by atoms with E-state index in [4.69, 9.17) is 4.74 Å². The number of rotatable bonds is 2. The quantitative estimate of drug-likeness (QED) is 0.595. The smallest absolute Gasteiger partial charge is 0.416 e. The summed E-state index contributed by atoms with van der Waals surface area (Å²) in [4.78, 5) is 3.92. The summed E-state index contributed by atoms with van der Waals surface area (Å²) in [5.41, 5.74) is -0.760. The zero-order chi connectivity index (χ0) is 16.6. The van der Waals surface area contributed by atoms with Crippen LogP contribution in [-0.4, -0.2) is 4.98 Å². The van der Waals surface area contributed by atoms with Gasteiger partial charge in [0.1, 0.15) is 11.3 Å². The maximum atomic E-state index is 13.7. The third-order valence-electron chi connectivity index (χ3n) is 3.15. The van der Waals surface area contributed by atoms with Gasteiger partial charge < -0.3 is 4.74 Å². The van der Waals surface area contributed by atoms with Crippen LogP contribution >= 0.6 is 0 Å². The van der Waals surface area contributed by atoms with Crippen molar-refractivity contribution in [1.82, 2.24) is 4.98 Å². The van der Waals surface area contributed by atoms with Gasteiger partial charge in [0, 0.05) is 17.6 Å². The van der Waals surface area contributed by atoms with Gasteiger partial charge in [0.2, 0.25) is 0 Å². The first kappa shape index (κ1) is 15.2. The van der Waals surface area contributed by atoms with Gasteiger partial charge in [-0.05, 0) is 36.4 Å².